The summed E-state index contributed by atoms with van der Waals surface area (Å²) in [5.41, 5.74) is 2.68. The zero-order chi connectivity index (χ0) is 23.1. The summed E-state index contributed by atoms with van der Waals surface area (Å²) in [4.78, 5) is 31.8. The Bertz CT molecular complexity index is 1090. The number of hydrogen-bond donors (Lipinski definition) is 4. The number of fused-ring (bicyclic) bond motifs is 1. The smallest absolute Gasteiger partial charge is 0.242 e. The number of benzene rings is 1. The number of pyridine rings is 1. The number of hydrogen-bond acceptors (Lipinski definition) is 4. The van der Waals surface area contributed by atoms with Crippen LogP contribution in [0.2, 0.25) is 10.0 Å². The average molecular weight is 476 g/mol. The molecule has 0 aliphatic carbocycles. The predicted molar refractivity (Wildman–Crippen MR) is 128 cm³/mol. The third kappa shape index (κ3) is 6.95. The normalized spacial score (nSPS) is 13.0. The molecule has 2 unspecified atom stereocenters. The number of halogens is 2. The van der Waals surface area contributed by atoms with Crippen LogP contribution >= 0.6 is 23.2 Å². The summed E-state index contributed by atoms with van der Waals surface area (Å²) < 4.78 is 0. The van der Waals surface area contributed by atoms with Crippen LogP contribution in [0.15, 0.2) is 42.7 Å². The highest BCUT2D eigenvalue weighted by Crippen LogP contribution is 2.22. The van der Waals surface area contributed by atoms with Crippen molar-refractivity contribution in [1.29, 1.82) is 0 Å². The topological polar surface area (TPSA) is 98.9 Å². The van der Waals surface area contributed by atoms with Gasteiger partial charge in [0.15, 0.2) is 0 Å². The molecule has 0 aliphatic heterocycles. The van der Waals surface area contributed by atoms with Crippen LogP contribution in [0, 0.1) is 5.92 Å². The summed E-state index contributed by atoms with van der Waals surface area (Å²) in [7, 11) is 0. The van der Waals surface area contributed by atoms with E-state index in [0.29, 0.717) is 29.7 Å². The molecule has 32 heavy (non-hydrogen) atoms. The van der Waals surface area contributed by atoms with Gasteiger partial charge in [0.05, 0.1) is 11.6 Å². The zero-order valence-corrected chi connectivity index (χ0v) is 19.6. The fraction of sp³-hybridized carbons (Fsp3) is 0.348. The molecule has 2 atom stereocenters. The summed E-state index contributed by atoms with van der Waals surface area (Å²) >= 11 is 12.1. The van der Waals surface area contributed by atoms with E-state index in [1.54, 1.807) is 19.3 Å². The van der Waals surface area contributed by atoms with Gasteiger partial charge in [-0.05, 0) is 55.1 Å². The maximum atomic E-state index is 12.3. The Morgan fingerprint density at radius 2 is 1.97 bits per heavy atom. The maximum Gasteiger partial charge on any atom is 0.242 e. The number of carbonyl (C=O) groups excluding carboxylic acids is 2. The largest absolute Gasteiger partial charge is 0.350 e. The van der Waals surface area contributed by atoms with Crippen molar-refractivity contribution in [1.82, 2.24) is 25.9 Å². The molecule has 2 amide bonds. The predicted octanol–water partition coefficient (Wildman–Crippen LogP) is 3.46. The minimum absolute atomic E-state index is 0.143. The molecular formula is C23H27Cl2N5O2. The molecule has 9 heteroatoms. The van der Waals surface area contributed by atoms with Crippen molar-refractivity contribution in [2.45, 2.75) is 32.9 Å². The van der Waals surface area contributed by atoms with Gasteiger partial charge in [-0.3, -0.25) is 9.59 Å². The van der Waals surface area contributed by atoms with Gasteiger partial charge in [-0.1, -0.05) is 42.3 Å². The molecule has 170 valence electrons. The number of nitrogens with one attached hydrogen (secondary N) is 4. The van der Waals surface area contributed by atoms with Crippen LogP contribution in [0.4, 0.5) is 0 Å². The van der Waals surface area contributed by atoms with Gasteiger partial charge in [-0.25, -0.2) is 4.98 Å². The molecule has 4 N–H and O–H groups in total. The molecule has 0 bridgehead atoms. The third-order valence-electron chi connectivity index (χ3n) is 5.03. The van der Waals surface area contributed by atoms with E-state index in [1.807, 2.05) is 30.3 Å². The molecular weight excluding hydrogens is 449 g/mol. The maximum absolute atomic E-state index is 12.3. The Balaban J connectivity index is 1.36. The van der Waals surface area contributed by atoms with E-state index in [9.17, 15) is 9.59 Å². The Kier molecular flexibility index (Phi) is 8.50. The lowest BCUT2D eigenvalue weighted by atomic mass is 10.0. The van der Waals surface area contributed by atoms with Crippen molar-refractivity contribution < 1.29 is 9.59 Å². The first-order valence-corrected chi connectivity index (χ1v) is 11.2. The van der Waals surface area contributed by atoms with E-state index in [4.69, 9.17) is 23.2 Å². The zero-order valence-electron chi connectivity index (χ0n) is 18.0. The first-order chi connectivity index (χ1) is 15.3. The van der Waals surface area contributed by atoms with Gasteiger partial charge in [-0.15, -0.1) is 0 Å². The summed E-state index contributed by atoms with van der Waals surface area (Å²) in [6, 6.07) is 8.99. The van der Waals surface area contributed by atoms with Crippen LogP contribution in [0.1, 0.15) is 25.0 Å². The van der Waals surface area contributed by atoms with Crippen molar-refractivity contribution in [3.05, 3.63) is 63.9 Å². The van der Waals surface area contributed by atoms with Gasteiger partial charge in [0.25, 0.3) is 0 Å². The Hall–Kier alpha value is -2.61. The quantitative estimate of drug-likeness (QED) is 0.360. The molecule has 0 fully saturated rings. The number of carbonyl (C=O) groups is 2. The minimum atomic E-state index is -0.652. The number of amides is 2. The number of aromatic amines is 1. The van der Waals surface area contributed by atoms with E-state index in [1.165, 1.54) is 0 Å². The van der Waals surface area contributed by atoms with E-state index in [2.05, 4.69) is 32.8 Å². The molecule has 7 nitrogen and oxygen atoms in total. The van der Waals surface area contributed by atoms with Crippen molar-refractivity contribution in [3.8, 4) is 0 Å². The molecule has 3 rings (SSSR count). The highest BCUT2D eigenvalue weighted by atomic mass is 35.5. The number of aromatic nitrogens is 2. The molecule has 0 saturated heterocycles. The first kappa shape index (κ1) is 24.0. The molecule has 0 saturated carbocycles. The Labute approximate surface area is 197 Å². The third-order valence-corrected chi connectivity index (χ3v) is 5.57. The van der Waals surface area contributed by atoms with Gasteiger partial charge in [0, 0.05) is 29.3 Å². The van der Waals surface area contributed by atoms with E-state index < -0.39 is 6.04 Å². The Morgan fingerprint density at radius 1 is 1.16 bits per heavy atom. The SMILES string of the molecule is CC(CNCC(=O)NC(C)C(=O)NCc1cnc2[nH]cc(Cl)c2c1)Cc1cccc(Cl)c1. The van der Waals surface area contributed by atoms with Crippen LogP contribution < -0.4 is 16.0 Å². The monoisotopic (exact) mass is 475 g/mol. The van der Waals surface area contributed by atoms with E-state index in [0.717, 1.165) is 28.0 Å². The van der Waals surface area contributed by atoms with Crippen LogP contribution in [0.5, 0.6) is 0 Å². The first-order valence-electron chi connectivity index (χ1n) is 10.5. The van der Waals surface area contributed by atoms with Gasteiger partial charge < -0.3 is 20.9 Å². The number of H-pyrrole nitrogens is 1. The summed E-state index contributed by atoms with van der Waals surface area (Å²) in [5, 5.41) is 10.8. The summed E-state index contributed by atoms with van der Waals surface area (Å²) in [6.07, 6.45) is 4.21. The van der Waals surface area contributed by atoms with Gasteiger partial charge in [0.1, 0.15) is 11.7 Å². The average Bonchev–Trinajstić information content (AvgIpc) is 3.12. The number of rotatable bonds is 10. The van der Waals surface area contributed by atoms with Crippen LogP contribution in [-0.2, 0) is 22.6 Å². The van der Waals surface area contributed by atoms with E-state index >= 15 is 0 Å². The second kappa shape index (κ2) is 11.3. The molecule has 1 aromatic carbocycles. The molecule has 0 radical (unpaired) electrons. The van der Waals surface area contributed by atoms with Crippen molar-refractivity contribution >= 4 is 46.0 Å². The van der Waals surface area contributed by atoms with Crippen LogP contribution in [-0.4, -0.2) is 40.9 Å². The molecule has 0 spiro atoms. The van der Waals surface area contributed by atoms with E-state index in [-0.39, 0.29) is 18.4 Å². The molecule has 0 aliphatic rings. The fourth-order valence-electron chi connectivity index (χ4n) is 3.38. The Morgan fingerprint density at radius 3 is 2.75 bits per heavy atom. The van der Waals surface area contributed by atoms with Crippen LogP contribution in [0.3, 0.4) is 0 Å². The molecule has 3 aromatic rings. The second-order valence-electron chi connectivity index (χ2n) is 7.95. The highest BCUT2D eigenvalue weighted by Gasteiger charge is 2.16. The van der Waals surface area contributed by atoms with Crippen molar-refractivity contribution in [3.63, 3.8) is 0 Å². The lowest BCUT2D eigenvalue weighted by Gasteiger charge is -2.16. The lowest BCUT2D eigenvalue weighted by Crippen LogP contribution is -2.47. The summed E-state index contributed by atoms with van der Waals surface area (Å²) in [6.45, 7) is 4.87. The van der Waals surface area contributed by atoms with Crippen molar-refractivity contribution in [2.75, 3.05) is 13.1 Å². The van der Waals surface area contributed by atoms with Crippen molar-refractivity contribution in [2.24, 2.45) is 5.92 Å². The second-order valence-corrected chi connectivity index (χ2v) is 8.80. The van der Waals surface area contributed by atoms with Gasteiger partial charge in [-0.2, -0.15) is 0 Å². The highest BCUT2D eigenvalue weighted by molar-refractivity contribution is 6.35. The van der Waals surface area contributed by atoms with Gasteiger partial charge in [0.2, 0.25) is 11.8 Å². The summed E-state index contributed by atoms with van der Waals surface area (Å²) in [5.74, 6) is -0.167. The molecule has 2 aromatic heterocycles. The minimum Gasteiger partial charge on any atom is -0.350 e. The molecule has 2 heterocycles. The number of nitrogens with zero attached hydrogens (tertiary/aromatic N) is 1. The van der Waals surface area contributed by atoms with Gasteiger partial charge >= 0.3 is 0 Å². The van der Waals surface area contributed by atoms with Crippen LogP contribution in [0.25, 0.3) is 11.0 Å². The fourth-order valence-corrected chi connectivity index (χ4v) is 3.79. The lowest BCUT2D eigenvalue weighted by molar-refractivity contribution is -0.128. The standard InChI is InChI=1S/C23H27Cl2N5O2/c1-14(6-16-4-3-5-18(24)7-16)9-26-13-21(31)30-15(2)23(32)29-11-17-8-19-20(25)12-28-22(19)27-10-17/h3-5,7-8,10,12,14-15,26H,6,9,11,13H2,1-2H3,(H,27,28)(H,29,32)(H,30,31).